The zero-order chi connectivity index (χ0) is 30.1. The van der Waals surface area contributed by atoms with Gasteiger partial charge in [0.05, 0.1) is 36.4 Å². The number of amides is 2. The Morgan fingerprint density at radius 3 is 2.29 bits per heavy atom. The third-order valence-electron chi connectivity index (χ3n) is 7.05. The number of nitrogens with zero attached hydrogens (tertiary/aromatic N) is 1. The van der Waals surface area contributed by atoms with E-state index in [1.54, 1.807) is 23.1 Å². The Bertz CT molecular complexity index is 1380. The van der Waals surface area contributed by atoms with Gasteiger partial charge in [-0.2, -0.15) is 0 Å². The highest BCUT2D eigenvalue weighted by atomic mass is 127. The summed E-state index contributed by atoms with van der Waals surface area (Å²) in [5.41, 5.74) is 2.67. The molecule has 0 spiro atoms. The Kier molecular flexibility index (Phi) is 11.4. The smallest absolute Gasteiger partial charge is 0.247 e. The fourth-order valence-electron chi connectivity index (χ4n) is 4.94. The maximum absolute atomic E-state index is 13.9. The standard InChI is InChI=1S/C32H35IN2O7/c1-41-28-15-23(20-37)14-25(33)31(28)42-27-18-24(32(40)34-12-13-36)17-26(30(27)39)35(19-22-10-6-3-7-11-22)29(38)16-21-8-4-2-5-9-21/h2-11,14-15,18,26-27,30,36-37,39H,12-13,16-17,19-20H2,1H3,(H,34,40)/t26-,27+,30+/m1/s1. The predicted octanol–water partition coefficient (Wildman–Crippen LogP) is 2.98. The van der Waals surface area contributed by atoms with Crippen LogP contribution in [-0.4, -0.2) is 70.5 Å². The predicted molar refractivity (Wildman–Crippen MR) is 166 cm³/mol. The SMILES string of the molecule is COc1cc(CO)cc(I)c1O[C@H]1C=C(C(=O)NCCO)C[C@@H](N(Cc2ccccc2)C(=O)Cc2ccccc2)[C@@H]1O. The first kappa shape index (κ1) is 31.5. The van der Waals surface area contributed by atoms with Gasteiger partial charge in [0.15, 0.2) is 11.5 Å². The Labute approximate surface area is 258 Å². The summed E-state index contributed by atoms with van der Waals surface area (Å²) < 4.78 is 12.5. The minimum Gasteiger partial charge on any atom is -0.493 e. The summed E-state index contributed by atoms with van der Waals surface area (Å²) in [6, 6.07) is 21.4. The van der Waals surface area contributed by atoms with Crippen LogP contribution in [0.1, 0.15) is 23.1 Å². The summed E-state index contributed by atoms with van der Waals surface area (Å²) >= 11 is 2.07. The third-order valence-corrected chi connectivity index (χ3v) is 7.86. The Balaban J connectivity index is 1.73. The number of halogens is 1. The zero-order valence-corrected chi connectivity index (χ0v) is 25.4. The van der Waals surface area contributed by atoms with Gasteiger partial charge in [0.1, 0.15) is 12.2 Å². The summed E-state index contributed by atoms with van der Waals surface area (Å²) in [6.07, 6.45) is -0.439. The molecule has 42 heavy (non-hydrogen) atoms. The Morgan fingerprint density at radius 2 is 1.67 bits per heavy atom. The van der Waals surface area contributed by atoms with Crippen molar-refractivity contribution in [2.75, 3.05) is 20.3 Å². The van der Waals surface area contributed by atoms with E-state index in [0.717, 1.165) is 11.1 Å². The number of benzene rings is 3. The minimum absolute atomic E-state index is 0.0595. The average molecular weight is 687 g/mol. The van der Waals surface area contributed by atoms with Gasteiger partial charge in [0.2, 0.25) is 11.8 Å². The maximum Gasteiger partial charge on any atom is 0.247 e. The van der Waals surface area contributed by atoms with E-state index in [1.807, 2.05) is 60.7 Å². The molecule has 0 heterocycles. The molecule has 3 aromatic rings. The molecule has 0 saturated carbocycles. The lowest BCUT2D eigenvalue weighted by molar-refractivity contribution is -0.138. The van der Waals surface area contributed by atoms with E-state index < -0.39 is 24.2 Å². The van der Waals surface area contributed by atoms with Gasteiger partial charge < -0.3 is 35.0 Å². The van der Waals surface area contributed by atoms with Gasteiger partial charge in [-0.25, -0.2) is 0 Å². The highest BCUT2D eigenvalue weighted by Gasteiger charge is 2.41. The number of aliphatic hydroxyl groups is 3. The van der Waals surface area contributed by atoms with Crippen molar-refractivity contribution in [3.63, 3.8) is 0 Å². The first-order chi connectivity index (χ1) is 20.3. The molecule has 4 rings (SSSR count). The molecule has 0 bridgehead atoms. The number of rotatable bonds is 12. The van der Waals surface area contributed by atoms with E-state index in [-0.39, 0.29) is 45.1 Å². The van der Waals surface area contributed by atoms with Crippen LogP contribution in [0.2, 0.25) is 0 Å². The molecular formula is C32H35IN2O7. The number of ether oxygens (including phenoxy) is 2. The van der Waals surface area contributed by atoms with Crippen molar-refractivity contribution in [2.24, 2.45) is 0 Å². The molecule has 4 N–H and O–H groups in total. The van der Waals surface area contributed by atoms with Crippen molar-refractivity contribution in [2.45, 2.75) is 44.2 Å². The third kappa shape index (κ3) is 7.88. The number of hydrogen-bond donors (Lipinski definition) is 4. The molecule has 3 aromatic carbocycles. The average Bonchev–Trinajstić information content (AvgIpc) is 3.01. The Hall–Kier alpha value is -3.45. The van der Waals surface area contributed by atoms with Crippen LogP contribution in [0.15, 0.2) is 84.4 Å². The topological polar surface area (TPSA) is 129 Å². The summed E-state index contributed by atoms with van der Waals surface area (Å²) in [6.45, 7) is -0.135. The van der Waals surface area contributed by atoms with Crippen LogP contribution in [0.3, 0.4) is 0 Å². The molecule has 0 fully saturated rings. The molecule has 0 unspecified atom stereocenters. The quantitative estimate of drug-likeness (QED) is 0.216. The summed E-state index contributed by atoms with van der Waals surface area (Å²) in [5, 5.41) is 33.3. The van der Waals surface area contributed by atoms with Crippen LogP contribution in [0.5, 0.6) is 11.5 Å². The van der Waals surface area contributed by atoms with Crippen LogP contribution in [-0.2, 0) is 29.2 Å². The van der Waals surface area contributed by atoms with Crippen molar-refractivity contribution < 1.29 is 34.4 Å². The molecule has 0 saturated heterocycles. The highest BCUT2D eigenvalue weighted by Crippen LogP contribution is 2.37. The fraction of sp³-hybridized carbons (Fsp3) is 0.312. The first-order valence-corrected chi connectivity index (χ1v) is 14.7. The van der Waals surface area contributed by atoms with Crippen LogP contribution in [0, 0.1) is 3.57 Å². The van der Waals surface area contributed by atoms with Gasteiger partial charge in [-0.3, -0.25) is 9.59 Å². The van der Waals surface area contributed by atoms with E-state index >= 15 is 0 Å². The monoisotopic (exact) mass is 686 g/mol. The summed E-state index contributed by atoms with van der Waals surface area (Å²) in [5.74, 6) is 0.0872. The molecule has 1 aliphatic carbocycles. The number of hydrogen-bond acceptors (Lipinski definition) is 7. The van der Waals surface area contributed by atoms with E-state index in [4.69, 9.17) is 9.47 Å². The van der Waals surface area contributed by atoms with Crippen LogP contribution < -0.4 is 14.8 Å². The second-order valence-corrected chi connectivity index (χ2v) is 11.1. The van der Waals surface area contributed by atoms with Crippen molar-refractivity contribution in [3.8, 4) is 11.5 Å². The van der Waals surface area contributed by atoms with Crippen molar-refractivity contribution in [1.82, 2.24) is 10.2 Å². The van der Waals surface area contributed by atoms with E-state index in [0.29, 0.717) is 26.2 Å². The summed E-state index contributed by atoms with van der Waals surface area (Å²) in [7, 11) is 1.48. The number of nitrogens with one attached hydrogen (secondary N) is 1. The molecule has 3 atom stereocenters. The van der Waals surface area contributed by atoms with E-state index in [1.165, 1.54) is 7.11 Å². The van der Waals surface area contributed by atoms with Gasteiger partial charge in [0.25, 0.3) is 0 Å². The molecule has 0 aliphatic heterocycles. The minimum atomic E-state index is -1.19. The van der Waals surface area contributed by atoms with Crippen molar-refractivity contribution in [1.29, 1.82) is 0 Å². The number of carbonyl (C=O) groups excluding carboxylic acids is 2. The van der Waals surface area contributed by atoms with Gasteiger partial charge >= 0.3 is 0 Å². The van der Waals surface area contributed by atoms with Crippen molar-refractivity contribution >= 4 is 34.4 Å². The second-order valence-electron chi connectivity index (χ2n) is 9.95. The molecule has 222 valence electrons. The lowest BCUT2D eigenvalue weighted by atomic mass is 9.87. The van der Waals surface area contributed by atoms with E-state index in [2.05, 4.69) is 27.9 Å². The van der Waals surface area contributed by atoms with Crippen LogP contribution in [0.4, 0.5) is 0 Å². The molecule has 0 radical (unpaired) electrons. The van der Waals surface area contributed by atoms with Crippen molar-refractivity contribution in [3.05, 3.63) is 105 Å². The number of aliphatic hydroxyl groups excluding tert-OH is 3. The van der Waals surface area contributed by atoms with Crippen LogP contribution >= 0.6 is 22.6 Å². The molecule has 2 amide bonds. The normalized spacial score (nSPS) is 18.1. The molecule has 10 heteroatoms. The first-order valence-electron chi connectivity index (χ1n) is 13.6. The number of carbonyl (C=O) groups is 2. The largest absolute Gasteiger partial charge is 0.493 e. The fourth-order valence-corrected chi connectivity index (χ4v) is 5.73. The zero-order valence-electron chi connectivity index (χ0n) is 23.3. The Morgan fingerprint density at radius 1 is 1.00 bits per heavy atom. The molecule has 0 aromatic heterocycles. The number of methoxy groups -OCH3 is 1. The van der Waals surface area contributed by atoms with E-state index in [9.17, 15) is 24.9 Å². The highest BCUT2D eigenvalue weighted by molar-refractivity contribution is 14.1. The second kappa shape index (κ2) is 15.1. The van der Waals surface area contributed by atoms with Gasteiger partial charge in [0, 0.05) is 25.1 Å². The lowest BCUT2D eigenvalue weighted by Crippen LogP contribution is -2.55. The van der Waals surface area contributed by atoms with Gasteiger partial charge in [-0.05, 0) is 57.5 Å². The molecule has 1 aliphatic rings. The maximum atomic E-state index is 13.9. The van der Waals surface area contributed by atoms with Gasteiger partial charge in [-0.1, -0.05) is 60.7 Å². The van der Waals surface area contributed by atoms with Crippen LogP contribution in [0.25, 0.3) is 0 Å². The summed E-state index contributed by atoms with van der Waals surface area (Å²) in [4.78, 5) is 28.6. The molecule has 9 nitrogen and oxygen atoms in total. The molecular weight excluding hydrogens is 651 g/mol. The lowest BCUT2D eigenvalue weighted by Gasteiger charge is -2.41. The van der Waals surface area contributed by atoms with Gasteiger partial charge in [-0.15, -0.1) is 0 Å².